The molecule has 1 aromatic heterocycles. The smallest absolute Gasteiger partial charge is 0.417 e. The van der Waals surface area contributed by atoms with Gasteiger partial charge in [0.05, 0.1) is 17.2 Å². The first-order valence-corrected chi connectivity index (χ1v) is 6.25. The third-order valence-electron chi connectivity index (χ3n) is 2.43. The molecule has 0 aliphatic heterocycles. The summed E-state index contributed by atoms with van der Waals surface area (Å²) in [5, 5.41) is 17.5. The molecule has 2 aromatic rings. The predicted octanol–water partition coefficient (Wildman–Crippen LogP) is 4.02. The molecule has 0 fully saturated rings. The number of benzene rings is 1. The summed E-state index contributed by atoms with van der Waals surface area (Å²) in [6.45, 7) is 0. The van der Waals surface area contributed by atoms with Gasteiger partial charge in [-0.3, -0.25) is 0 Å². The molecule has 2 rings (SSSR count). The van der Waals surface area contributed by atoms with Crippen LogP contribution in [0.3, 0.4) is 0 Å². The van der Waals surface area contributed by atoms with E-state index in [9.17, 15) is 18.0 Å². The number of nitriles is 1. The molecule has 0 radical (unpaired) electrons. The van der Waals surface area contributed by atoms with Crippen LogP contribution in [-0.4, -0.2) is 11.1 Å². The summed E-state index contributed by atoms with van der Waals surface area (Å²) in [5.41, 5.74) is -1.52. The number of carbonyl (C=O) groups is 1. The van der Waals surface area contributed by atoms with E-state index in [1.165, 1.54) is 24.3 Å². The second-order valence-corrected chi connectivity index (χ2v) is 4.92. The maximum Gasteiger partial charge on any atom is 0.417 e. The summed E-state index contributed by atoms with van der Waals surface area (Å²) in [4.78, 5) is 10.8. The molecule has 0 saturated heterocycles. The quantitative estimate of drug-likeness (QED) is 0.926. The number of carboxylic acids is 1. The Morgan fingerprint density at radius 3 is 2.52 bits per heavy atom. The zero-order chi connectivity index (χ0) is 15.6. The van der Waals surface area contributed by atoms with Gasteiger partial charge in [-0.2, -0.15) is 18.4 Å². The van der Waals surface area contributed by atoms with E-state index in [-0.39, 0.29) is 15.7 Å². The van der Waals surface area contributed by atoms with E-state index in [0.29, 0.717) is 0 Å². The molecule has 4 nitrogen and oxygen atoms in total. The first kappa shape index (κ1) is 15.0. The van der Waals surface area contributed by atoms with Gasteiger partial charge in [0.2, 0.25) is 5.76 Å². The Balaban J connectivity index is 2.33. The lowest BCUT2D eigenvalue weighted by Crippen LogP contribution is -2.07. The Kier molecular flexibility index (Phi) is 3.95. The lowest BCUT2D eigenvalue weighted by Gasteiger charge is -2.09. The average molecular weight is 313 g/mol. The van der Waals surface area contributed by atoms with E-state index in [4.69, 9.17) is 14.8 Å². The number of halogens is 3. The standard InChI is InChI=1S/C13H6F3NO3S/c14-13(15,16)9-5-8(2-1-7(9)6-17)21-11-4-3-10(20-11)12(18)19/h1-5H,(H,18,19). The van der Waals surface area contributed by atoms with Crippen LogP contribution < -0.4 is 0 Å². The van der Waals surface area contributed by atoms with E-state index in [1.54, 1.807) is 0 Å². The van der Waals surface area contributed by atoms with E-state index in [0.717, 1.165) is 23.9 Å². The molecule has 0 saturated carbocycles. The minimum atomic E-state index is -4.64. The third kappa shape index (κ3) is 3.38. The van der Waals surface area contributed by atoms with Gasteiger partial charge in [-0.25, -0.2) is 4.79 Å². The molecule has 8 heteroatoms. The summed E-state index contributed by atoms with van der Waals surface area (Å²) in [6.07, 6.45) is -4.64. The fourth-order valence-electron chi connectivity index (χ4n) is 1.52. The van der Waals surface area contributed by atoms with Crippen LogP contribution >= 0.6 is 11.8 Å². The van der Waals surface area contributed by atoms with E-state index >= 15 is 0 Å². The first-order valence-electron chi connectivity index (χ1n) is 5.43. The Hall–Kier alpha value is -2.40. The van der Waals surface area contributed by atoms with Crippen molar-refractivity contribution >= 4 is 17.7 Å². The average Bonchev–Trinajstić information content (AvgIpc) is 2.86. The molecule has 0 aliphatic rings. The SMILES string of the molecule is N#Cc1ccc(Sc2ccc(C(=O)O)o2)cc1C(F)(F)F. The lowest BCUT2D eigenvalue weighted by atomic mass is 10.1. The number of furan rings is 1. The molecule has 1 N–H and O–H groups in total. The van der Waals surface area contributed by atoms with Crippen LogP contribution in [0.25, 0.3) is 0 Å². The van der Waals surface area contributed by atoms with Crippen molar-refractivity contribution in [3.63, 3.8) is 0 Å². The van der Waals surface area contributed by atoms with Crippen LogP contribution in [-0.2, 0) is 6.18 Å². The molecule has 1 heterocycles. The molecule has 0 aliphatic carbocycles. The number of hydrogen-bond donors (Lipinski definition) is 1. The van der Waals surface area contributed by atoms with Gasteiger partial charge in [0.25, 0.3) is 0 Å². The number of hydrogen-bond acceptors (Lipinski definition) is 4. The van der Waals surface area contributed by atoms with E-state index in [2.05, 4.69) is 0 Å². The summed E-state index contributed by atoms with van der Waals surface area (Å²) < 4.78 is 43.4. The zero-order valence-electron chi connectivity index (χ0n) is 10.1. The molecule has 0 bridgehead atoms. The lowest BCUT2D eigenvalue weighted by molar-refractivity contribution is -0.137. The van der Waals surface area contributed by atoms with Crippen LogP contribution in [0.5, 0.6) is 0 Å². The molecule has 0 amide bonds. The monoisotopic (exact) mass is 313 g/mol. The normalized spacial score (nSPS) is 11.1. The minimum Gasteiger partial charge on any atom is -0.475 e. The number of alkyl halides is 3. The molecule has 0 unspecified atom stereocenters. The number of aromatic carboxylic acids is 1. The molecule has 108 valence electrons. The predicted molar refractivity (Wildman–Crippen MR) is 65.9 cm³/mol. The molecule has 1 aromatic carbocycles. The van der Waals surface area contributed by atoms with Crippen LogP contribution in [0.4, 0.5) is 13.2 Å². The molecule has 21 heavy (non-hydrogen) atoms. The van der Waals surface area contributed by atoms with Crippen LogP contribution in [0.2, 0.25) is 0 Å². The topological polar surface area (TPSA) is 74.2 Å². The van der Waals surface area contributed by atoms with Crippen molar-refractivity contribution < 1.29 is 27.5 Å². The van der Waals surface area contributed by atoms with Crippen molar-refractivity contribution in [3.8, 4) is 6.07 Å². The maximum atomic E-state index is 12.8. The largest absolute Gasteiger partial charge is 0.475 e. The highest BCUT2D eigenvalue weighted by Crippen LogP contribution is 2.36. The highest BCUT2D eigenvalue weighted by Gasteiger charge is 2.33. The van der Waals surface area contributed by atoms with Crippen molar-refractivity contribution in [1.29, 1.82) is 5.26 Å². The zero-order valence-corrected chi connectivity index (χ0v) is 11.0. The van der Waals surface area contributed by atoms with Crippen molar-refractivity contribution in [2.75, 3.05) is 0 Å². The number of carboxylic acid groups (broad SMARTS) is 1. The van der Waals surface area contributed by atoms with Gasteiger partial charge in [0.1, 0.15) is 0 Å². The Morgan fingerprint density at radius 2 is 2.00 bits per heavy atom. The van der Waals surface area contributed by atoms with Gasteiger partial charge in [-0.15, -0.1) is 0 Å². The Bertz CT molecular complexity index is 731. The van der Waals surface area contributed by atoms with Crippen molar-refractivity contribution in [2.45, 2.75) is 16.2 Å². The molecular formula is C13H6F3NO3S. The minimum absolute atomic E-state index is 0.144. The van der Waals surface area contributed by atoms with Gasteiger partial charge in [-0.1, -0.05) is 11.8 Å². The van der Waals surface area contributed by atoms with Crippen molar-refractivity contribution in [3.05, 3.63) is 47.2 Å². The molecule has 0 atom stereocenters. The van der Waals surface area contributed by atoms with Crippen LogP contribution in [0.1, 0.15) is 21.7 Å². The van der Waals surface area contributed by atoms with E-state index < -0.39 is 23.3 Å². The first-order chi connectivity index (χ1) is 9.81. The van der Waals surface area contributed by atoms with Crippen LogP contribution in [0.15, 0.2) is 44.7 Å². The number of rotatable bonds is 3. The van der Waals surface area contributed by atoms with E-state index in [1.807, 2.05) is 0 Å². The van der Waals surface area contributed by atoms with Crippen molar-refractivity contribution in [2.24, 2.45) is 0 Å². The summed E-state index contributed by atoms with van der Waals surface area (Å²) >= 11 is 0.836. The highest BCUT2D eigenvalue weighted by molar-refractivity contribution is 7.99. The van der Waals surface area contributed by atoms with Gasteiger partial charge >= 0.3 is 12.1 Å². The van der Waals surface area contributed by atoms with Gasteiger partial charge in [0, 0.05) is 4.90 Å². The fraction of sp³-hybridized carbons (Fsp3) is 0.0769. The Morgan fingerprint density at radius 1 is 1.29 bits per heavy atom. The summed E-state index contributed by atoms with van der Waals surface area (Å²) in [7, 11) is 0. The van der Waals surface area contributed by atoms with Crippen molar-refractivity contribution in [1.82, 2.24) is 0 Å². The van der Waals surface area contributed by atoms with Gasteiger partial charge in [0.15, 0.2) is 5.09 Å². The number of nitrogens with zero attached hydrogens (tertiary/aromatic N) is 1. The third-order valence-corrected chi connectivity index (χ3v) is 3.34. The second-order valence-electron chi connectivity index (χ2n) is 3.84. The Labute approximate surface area is 120 Å². The molecular weight excluding hydrogens is 307 g/mol. The van der Waals surface area contributed by atoms with Gasteiger partial charge < -0.3 is 9.52 Å². The highest BCUT2D eigenvalue weighted by atomic mass is 32.2. The summed E-state index contributed by atoms with van der Waals surface area (Å²) in [6, 6.07) is 7.26. The fourth-order valence-corrected chi connectivity index (χ4v) is 2.34. The summed E-state index contributed by atoms with van der Waals surface area (Å²) in [5.74, 6) is -1.57. The van der Waals surface area contributed by atoms with Crippen LogP contribution in [0, 0.1) is 11.3 Å². The second kappa shape index (κ2) is 5.54. The van der Waals surface area contributed by atoms with Gasteiger partial charge in [-0.05, 0) is 30.3 Å². The maximum absolute atomic E-state index is 12.8. The molecule has 0 spiro atoms.